The molecule has 0 radical (unpaired) electrons. The number of aryl methyl sites for hydroxylation is 1. The molecule has 6 nitrogen and oxygen atoms in total. The maximum Gasteiger partial charge on any atom is 0.248 e. The second-order valence-electron chi connectivity index (χ2n) is 5.43. The highest BCUT2D eigenvalue weighted by atomic mass is 16.5. The van der Waals surface area contributed by atoms with Crippen molar-refractivity contribution in [1.82, 2.24) is 14.8 Å². The molecule has 1 aromatic heterocycles. The van der Waals surface area contributed by atoms with Crippen LogP contribution in [-0.4, -0.2) is 27.8 Å². The molecule has 0 bridgehead atoms. The van der Waals surface area contributed by atoms with Gasteiger partial charge in [0.15, 0.2) is 0 Å². The quantitative estimate of drug-likeness (QED) is 0.727. The fourth-order valence-corrected chi connectivity index (χ4v) is 2.44. The van der Waals surface area contributed by atoms with Crippen LogP contribution in [0.15, 0.2) is 61.2 Å². The summed E-state index contributed by atoms with van der Waals surface area (Å²) in [6.45, 7) is 1.99. The third kappa shape index (κ3) is 3.92. The topological polar surface area (TPSA) is 69.0 Å². The molecular formula is C19H18N4O2. The van der Waals surface area contributed by atoms with Gasteiger partial charge >= 0.3 is 0 Å². The van der Waals surface area contributed by atoms with Gasteiger partial charge in [0, 0.05) is 11.6 Å². The summed E-state index contributed by atoms with van der Waals surface area (Å²) in [6, 6.07) is 13.2. The largest absolute Gasteiger partial charge is 0.496 e. The first-order valence-electron chi connectivity index (χ1n) is 7.75. The number of hydrogen-bond donors (Lipinski definition) is 1. The van der Waals surface area contributed by atoms with E-state index in [4.69, 9.17) is 4.74 Å². The number of carbonyl (C=O) groups excluding carboxylic acids is 1. The molecule has 3 rings (SSSR count). The highest BCUT2D eigenvalue weighted by molar-refractivity contribution is 6.03. The first-order valence-corrected chi connectivity index (χ1v) is 7.75. The Balaban J connectivity index is 1.79. The number of methoxy groups -OCH3 is 1. The Kier molecular flexibility index (Phi) is 4.89. The van der Waals surface area contributed by atoms with Crippen LogP contribution in [0.4, 0.5) is 5.69 Å². The molecular weight excluding hydrogens is 316 g/mol. The van der Waals surface area contributed by atoms with Crippen LogP contribution in [0.25, 0.3) is 11.8 Å². The third-order valence-corrected chi connectivity index (χ3v) is 3.63. The lowest BCUT2D eigenvalue weighted by Crippen LogP contribution is -2.10. The SMILES string of the molecule is COc1ccc(C)cc1/C=C/C(=O)Nc1ccccc1-n1cncn1. The molecule has 0 atom stereocenters. The van der Waals surface area contributed by atoms with Crippen LogP contribution in [0.1, 0.15) is 11.1 Å². The van der Waals surface area contributed by atoms with Crippen LogP contribution in [0, 0.1) is 6.92 Å². The summed E-state index contributed by atoms with van der Waals surface area (Å²) in [5.41, 5.74) is 3.34. The van der Waals surface area contributed by atoms with Crippen molar-refractivity contribution in [2.45, 2.75) is 6.92 Å². The van der Waals surface area contributed by atoms with E-state index in [0.29, 0.717) is 5.69 Å². The monoisotopic (exact) mass is 334 g/mol. The van der Waals surface area contributed by atoms with Crippen molar-refractivity contribution >= 4 is 17.7 Å². The van der Waals surface area contributed by atoms with Gasteiger partial charge in [-0.25, -0.2) is 9.67 Å². The van der Waals surface area contributed by atoms with Crippen molar-refractivity contribution in [2.75, 3.05) is 12.4 Å². The van der Waals surface area contributed by atoms with Crippen LogP contribution >= 0.6 is 0 Å². The van der Waals surface area contributed by atoms with E-state index in [1.165, 1.54) is 12.4 Å². The molecule has 0 spiro atoms. The Morgan fingerprint density at radius 2 is 2.08 bits per heavy atom. The minimum Gasteiger partial charge on any atom is -0.496 e. The summed E-state index contributed by atoms with van der Waals surface area (Å²) in [6.07, 6.45) is 6.25. The Morgan fingerprint density at radius 1 is 1.24 bits per heavy atom. The van der Waals surface area contributed by atoms with E-state index in [1.807, 2.05) is 49.4 Å². The molecule has 1 N–H and O–H groups in total. The zero-order chi connectivity index (χ0) is 17.6. The molecule has 0 aliphatic heterocycles. The van der Waals surface area contributed by atoms with Crippen molar-refractivity contribution in [3.05, 3.63) is 72.3 Å². The molecule has 0 saturated carbocycles. The predicted octanol–water partition coefficient (Wildman–Crippen LogP) is 3.24. The molecule has 0 aliphatic rings. The van der Waals surface area contributed by atoms with Crippen LogP contribution in [-0.2, 0) is 4.79 Å². The lowest BCUT2D eigenvalue weighted by atomic mass is 10.1. The second-order valence-corrected chi connectivity index (χ2v) is 5.43. The summed E-state index contributed by atoms with van der Waals surface area (Å²) in [7, 11) is 1.61. The first kappa shape index (κ1) is 16.4. The van der Waals surface area contributed by atoms with Gasteiger partial charge in [0.2, 0.25) is 5.91 Å². The summed E-state index contributed by atoms with van der Waals surface area (Å²) in [4.78, 5) is 16.2. The number of para-hydroxylation sites is 2. The number of carbonyl (C=O) groups is 1. The van der Waals surface area contributed by atoms with E-state index in [9.17, 15) is 4.79 Å². The number of anilines is 1. The van der Waals surface area contributed by atoms with Gasteiger partial charge in [-0.05, 0) is 37.3 Å². The van der Waals surface area contributed by atoms with Gasteiger partial charge in [-0.2, -0.15) is 5.10 Å². The lowest BCUT2D eigenvalue weighted by molar-refractivity contribution is -0.111. The molecule has 1 amide bonds. The zero-order valence-electron chi connectivity index (χ0n) is 14.0. The molecule has 6 heteroatoms. The summed E-state index contributed by atoms with van der Waals surface area (Å²) in [5, 5.41) is 6.97. The number of amides is 1. The highest BCUT2D eigenvalue weighted by Crippen LogP contribution is 2.22. The Labute approximate surface area is 145 Å². The van der Waals surface area contributed by atoms with Crippen LogP contribution < -0.4 is 10.1 Å². The number of benzene rings is 2. The second kappa shape index (κ2) is 7.44. The molecule has 126 valence electrons. The minimum absolute atomic E-state index is 0.240. The fourth-order valence-electron chi connectivity index (χ4n) is 2.44. The van der Waals surface area contributed by atoms with E-state index in [0.717, 1.165) is 22.6 Å². The van der Waals surface area contributed by atoms with Gasteiger partial charge in [-0.3, -0.25) is 4.79 Å². The molecule has 0 saturated heterocycles. The van der Waals surface area contributed by atoms with E-state index in [1.54, 1.807) is 24.2 Å². The summed E-state index contributed by atoms with van der Waals surface area (Å²) < 4.78 is 6.92. The number of ether oxygens (including phenoxy) is 1. The summed E-state index contributed by atoms with van der Waals surface area (Å²) in [5.74, 6) is 0.480. The van der Waals surface area contributed by atoms with Crippen LogP contribution in [0.2, 0.25) is 0 Å². The normalized spacial score (nSPS) is 10.8. The van der Waals surface area contributed by atoms with Gasteiger partial charge < -0.3 is 10.1 Å². The number of hydrogen-bond acceptors (Lipinski definition) is 4. The molecule has 0 aliphatic carbocycles. The Bertz CT molecular complexity index is 902. The first-order chi connectivity index (χ1) is 12.2. The van der Waals surface area contributed by atoms with Gasteiger partial charge in [-0.15, -0.1) is 0 Å². The number of nitrogens with zero attached hydrogens (tertiary/aromatic N) is 3. The Hall–Kier alpha value is -3.41. The van der Waals surface area contributed by atoms with E-state index >= 15 is 0 Å². The zero-order valence-corrected chi connectivity index (χ0v) is 14.0. The van der Waals surface area contributed by atoms with Crippen LogP contribution in [0.5, 0.6) is 5.75 Å². The fraction of sp³-hybridized carbons (Fsp3) is 0.105. The molecule has 0 fully saturated rings. The standard InChI is InChI=1S/C19H18N4O2/c1-14-7-9-18(25-2)15(11-14)8-10-19(24)22-16-5-3-4-6-17(16)23-13-20-12-21-23/h3-13H,1-2H3,(H,22,24)/b10-8+. The molecule has 1 heterocycles. The van der Waals surface area contributed by atoms with Gasteiger partial charge in [0.05, 0.1) is 18.5 Å². The van der Waals surface area contributed by atoms with Gasteiger partial charge in [0.1, 0.15) is 18.4 Å². The number of nitrogens with one attached hydrogen (secondary N) is 1. The maximum atomic E-state index is 12.3. The maximum absolute atomic E-state index is 12.3. The van der Waals surface area contributed by atoms with Gasteiger partial charge in [0.25, 0.3) is 0 Å². The smallest absolute Gasteiger partial charge is 0.248 e. The molecule has 3 aromatic rings. The number of aromatic nitrogens is 3. The average Bonchev–Trinajstić information content (AvgIpc) is 3.15. The minimum atomic E-state index is -0.240. The highest BCUT2D eigenvalue weighted by Gasteiger charge is 2.07. The Morgan fingerprint density at radius 3 is 2.84 bits per heavy atom. The van der Waals surface area contributed by atoms with Crippen LogP contribution in [0.3, 0.4) is 0 Å². The van der Waals surface area contributed by atoms with Crippen molar-refractivity contribution in [1.29, 1.82) is 0 Å². The predicted molar refractivity (Wildman–Crippen MR) is 96.8 cm³/mol. The molecule has 0 unspecified atom stereocenters. The van der Waals surface area contributed by atoms with Crippen molar-refractivity contribution in [2.24, 2.45) is 0 Å². The average molecular weight is 334 g/mol. The van der Waals surface area contributed by atoms with E-state index in [2.05, 4.69) is 15.4 Å². The van der Waals surface area contributed by atoms with E-state index in [-0.39, 0.29) is 5.91 Å². The third-order valence-electron chi connectivity index (χ3n) is 3.63. The number of rotatable bonds is 5. The van der Waals surface area contributed by atoms with Gasteiger partial charge in [-0.1, -0.05) is 23.8 Å². The summed E-state index contributed by atoms with van der Waals surface area (Å²) >= 11 is 0. The van der Waals surface area contributed by atoms with Crippen molar-refractivity contribution in [3.8, 4) is 11.4 Å². The van der Waals surface area contributed by atoms with E-state index < -0.39 is 0 Å². The molecule has 25 heavy (non-hydrogen) atoms. The molecule has 2 aromatic carbocycles. The lowest BCUT2D eigenvalue weighted by Gasteiger charge is -2.09. The van der Waals surface area contributed by atoms with Crippen molar-refractivity contribution < 1.29 is 9.53 Å². The van der Waals surface area contributed by atoms with Crippen molar-refractivity contribution in [3.63, 3.8) is 0 Å².